The van der Waals surface area contributed by atoms with E-state index in [4.69, 9.17) is 0 Å². The van der Waals surface area contributed by atoms with Gasteiger partial charge in [0.2, 0.25) is 17.8 Å². The summed E-state index contributed by atoms with van der Waals surface area (Å²) in [5, 5.41) is 18.4. The number of benzene rings is 1. The van der Waals surface area contributed by atoms with Gasteiger partial charge in [-0.3, -0.25) is 4.79 Å². The highest BCUT2D eigenvalue weighted by molar-refractivity contribution is 9.10. The maximum absolute atomic E-state index is 12.7. The summed E-state index contributed by atoms with van der Waals surface area (Å²) in [5.41, 5.74) is 0.889. The number of rotatable bonds is 9. The molecule has 0 spiro atoms. The van der Waals surface area contributed by atoms with E-state index in [0.29, 0.717) is 35.9 Å². The van der Waals surface area contributed by atoms with Crippen molar-refractivity contribution in [1.82, 2.24) is 29.9 Å². The van der Waals surface area contributed by atoms with Crippen LogP contribution in [-0.4, -0.2) is 49.3 Å². The van der Waals surface area contributed by atoms with Gasteiger partial charge in [0.05, 0.1) is 11.3 Å². The first kappa shape index (κ1) is 20.9. The molecule has 1 fully saturated rings. The number of nitrogens with zero attached hydrogens (tertiary/aromatic N) is 5. The van der Waals surface area contributed by atoms with Crippen LogP contribution in [0.1, 0.15) is 32.3 Å². The smallest absolute Gasteiger partial charge is 0.261 e. The van der Waals surface area contributed by atoms with Gasteiger partial charge in [-0.05, 0) is 44.4 Å². The first-order chi connectivity index (χ1) is 14.5. The highest BCUT2D eigenvalue weighted by atomic mass is 79.9. The van der Waals surface area contributed by atoms with E-state index in [1.807, 2.05) is 26.0 Å². The van der Waals surface area contributed by atoms with Crippen molar-refractivity contribution in [2.45, 2.75) is 37.4 Å². The van der Waals surface area contributed by atoms with Crippen LogP contribution in [0.15, 0.2) is 33.9 Å². The number of hydrogen-bond acceptors (Lipinski definition) is 8. The predicted octanol–water partition coefficient (Wildman–Crippen LogP) is 3.04. The van der Waals surface area contributed by atoms with E-state index < -0.39 is 0 Å². The number of hydrogen-bond donors (Lipinski definition) is 3. The summed E-state index contributed by atoms with van der Waals surface area (Å²) >= 11 is 4.77. The Morgan fingerprint density at radius 3 is 2.53 bits per heavy atom. The second-order valence-corrected chi connectivity index (χ2v) is 8.83. The average molecular weight is 491 g/mol. The number of thioether (sulfide) groups is 1. The van der Waals surface area contributed by atoms with E-state index in [9.17, 15) is 4.79 Å². The quantitative estimate of drug-likeness (QED) is 0.392. The monoisotopic (exact) mass is 490 g/mol. The molecule has 1 aliphatic carbocycles. The molecule has 1 aromatic carbocycles. The van der Waals surface area contributed by atoms with Crippen molar-refractivity contribution in [2.24, 2.45) is 0 Å². The Morgan fingerprint density at radius 2 is 1.87 bits per heavy atom. The number of halogens is 1. The second-order valence-electron chi connectivity index (χ2n) is 6.98. The van der Waals surface area contributed by atoms with E-state index >= 15 is 0 Å². The van der Waals surface area contributed by atoms with E-state index in [2.05, 4.69) is 64.2 Å². The van der Waals surface area contributed by atoms with Gasteiger partial charge in [0.25, 0.3) is 5.78 Å². The minimum absolute atomic E-state index is 0.0349. The molecule has 0 atom stereocenters. The minimum atomic E-state index is -0.246. The number of amides is 1. The van der Waals surface area contributed by atoms with Crippen LogP contribution in [0.4, 0.5) is 11.9 Å². The highest BCUT2D eigenvalue weighted by Crippen LogP contribution is 2.45. The zero-order valence-corrected chi connectivity index (χ0v) is 19.2. The Bertz CT molecular complexity index is 1050. The van der Waals surface area contributed by atoms with Crippen LogP contribution in [0.25, 0.3) is 5.78 Å². The number of fused-ring (bicyclic) bond motifs is 1. The van der Waals surface area contributed by atoms with Gasteiger partial charge in [0.1, 0.15) is 0 Å². The van der Waals surface area contributed by atoms with Crippen molar-refractivity contribution >= 4 is 51.3 Å². The standard InChI is InChI=1S/C19H23BrN8OS/c1-3-21-15-23-16(22-4-2)28-17(24-15)26-27-18(28)30-11-14(29)25-19(9-10-19)12-5-7-13(20)8-6-12/h5-8H,3-4,9-11H2,1-2H3,(H,25,29)(H2,21,22,23,24,26). The van der Waals surface area contributed by atoms with Crippen molar-refractivity contribution in [3.05, 3.63) is 34.3 Å². The summed E-state index contributed by atoms with van der Waals surface area (Å²) in [7, 11) is 0. The van der Waals surface area contributed by atoms with Gasteiger partial charge in [0.15, 0.2) is 5.16 Å². The third kappa shape index (κ3) is 4.36. The molecule has 0 radical (unpaired) electrons. The van der Waals surface area contributed by atoms with Crippen molar-refractivity contribution < 1.29 is 4.79 Å². The molecule has 2 aromatic heterocycles. The van der Waals surface area contributed by atoms with Crippen LogP contribution in [0.5, 0.6) is 0 Å². The summed E-state index contributed by atoms with van der Waals surface area (Å²) in [4.78, 5) is 21.5. The normalized spacial score (nSPS) is 14.5. The number of nitrogens with one attached hydrogen (secondary N) is 3. The van der Waals surface area contributed by atoms with Gasteiger partial charge in [0, 0.05) is 17.6 Å². The minimum Gasteiger partial charge on any atom is -0.355 e. The third-order valence-electron chi connectivity index (χ3n) is 4.77. The van der Waals surface area contributed by atoms with Crippen molar-refractivity contribution in [3.63, 3.8) is 0 Å². The Morgan fingerprint density at radius 1 is 1.13 bits per heavy atom. The Kier molecular flexibility index (Phi) is 6.09. The fourth-order valence-electron chi connectivity index (χ4n) is 3.21. The second kappa shape index (κ2) is 8.76. The first-order valence-electron chi connectivity index (χ1n) is 9.85. The van der Waals surface area contributed by atoms with E-state index in [-0.39, 0.29) is 17.2 Å². The molecule has 1 saturated carbocycles. The Hall–Kier alpha value is -2.40. The van der Waals surface area contributed by atoms with Crippen LogP contribution >= 0.6 is 27.7 Å². The molecule has 2 heterocycles. The number of carbonyl (C=O) groups is 1. The maximum atomic E-state index is 12.7. The van der Waals surface area contributed by atoms with Crippen LogP contribution in [0.2, 0.25) is 0 Å². The van der Waals surface area contributed by atoms with Gasteiger partial charge >= 0.3 is 0 Å². The molecular formula is C19H23BrN8OS. The molecule has 0 aliphatic heterocycles. The highest BCUT2D eigenvalue weighted by Gasteiger charge is 2.45. The van der Waals surface area contributed by atoms with Crippen LogP contribution in [0, 0.1) is 0 Å². The molecular weight excluding hydrogens is 468 g/mol. The summed E-state index contributed by atoms with van der Waals surface area (Å²) in [6, 6.07) is 8.11. The molecule has 11 heteroatoms. The van der Waals surface area contributed by atoms with Crippen molar-refractivity contribution in [3.8, 4) is 0 Å². The lowest BCUT2D eigenvalue weighted by molar-refractivity contribution is -0.119. The zero-order chi connectivity index (χ0) is 21.1. The van der Waals surface area contributed by atoms with E-state index in [0.717, 1.165) is 22.9 Å². The predicted molar refractivity (Wildman–Crippen MR) is 121 cm³/mol. The summed E-state index contributed by atoms with van der Waals surface area (Å²) in [6.07, 6.45) is 1.90. The van der Waals surface area contributed by atoms with Crippen molar-refractivity contribution in [2.75, 3.05) is 29.5 Å². The molecule has 0 bridgehead atoms. The molecule has 0 saturated heterocycles. The van der Waals surface area contributed by atoms with Crippen LogP contribution in [-0.2, 0) is 10.3 Å². The van der Waals surface area contributed by atoms with Crippen LogP contribution < -0.4 is 16.0 Å². The first-order valence-corrected chi connectivity index (χ1v) is 11.6. The Balaban J connectivity index is 1.47. The summed E-state index contributed by atoms with van der Waals surface area (Å²) in [6.45, 7) is 5.36. The van der Waals surface area contributed by atoms with E-state index in [1.165, 1.54) is 11.8 Å². The lowest BCUT2D eigenvalue weighted by Crippen LogP contribution is -2.36. The largest absolute Gasteiger partial charge is 0.355 e. The topological polar surface area (TPSA) is 109 Å². The molecule has 9 nitrogen and oxygen atoms in total. The van der Waals surface area contributed by atoms with Gasteiger partial charge in [-0.25, -0.2) is 4.40 Å². The number of anilines is 2. The van der Waals surface area contributed by atoms with Gasteiger partial charge in [-0.15, -0.1) is 10.2 Å². The van der Waals surface area contributed by atoms with Crippen molar-refractivity contribution in [1.29, 1.82) is 0 Å². The van der Waals surface area contributed by atoms with Crippen LogP contribution in [0.3, 0.4) is 0 Å². The molecule has 30 heavy (non-hydrogen) atoms. The lowest BCUT2D eigenvalue weighted by Gasteiger charge is -2.18. The SMILES string of the molecule is CCNc1nc(NCC)n2c(SCC(=O)NC3(c4ccc(Br)cc4)CC3)nnc2n1. The average Bonchev–Trinajstić information content (AvgIpc) is 3.38. The summed E-state index contributed by atoms with van der Waals surface area (Å²) < 4.78 is 2.77. The lowest BCUT2D eigenvalue weighted by atomic mass is 10.1. The van der Waals surface area contributed by atoms with Gasteiger partial charge < -0.3 is 16.0 Å². The van der Waals surface area contributed by atoms with E-state index in [1.54, 1.807) is 4.40 Å². The zero-order valence-electron chi connectivity index (χ0n) is 16.8. The molecule has 0 unspecified atom stereocenters. The number of aromatic nitrogens is 5. The molecule has 1 aliphatic rings. The molecule has 1 amide bonds. The Labute approximate surface area is 187 Å². The third-order valence-corrected chi connectivity index (χ3v) is 6.23. The molecule has 158 valence electrons. The number of carbonyl (C=O) groups excluding carboxylic acids is 1. The summed E-state index contributed by atoms with van der Waals surface area (Å²) in [5.74, 6) is 1.73. The fourth-order valence-corrected chi connectivity index (χ4v) is 4.20. The molecule has 3 aromatic rings. The fraction of sp³-hybridized carbons (Fsp3) is 0.421. The molecule has 4 rings (SSSR count). The molecule has 3 N–H and O–H groups in total. The maximum Gasteiger partial charge on any atom is 0.261 e. The van der Waals surface area contributed by atoms with Gasteiger partial charge in [-0.2, -0.15) is 9.97 Å². The van der Waals surface area contributed by atoms with Gasteiger partial charge in [-0.1, -0.05) is 39.8 Å².